The van der Waals surface area contributed by atoms with Gasteiger partial charge in [0, 0.05) is 18.6 Å². The number of piperidine rings is 1. The Bertz CT molecular complexity index is 421. The zero-order valence-electron chi connectivity index (χ0n) is 11.9. The molecule has 0 aliphatic carbocycles. The maximum atomic E-state index is 6.22. The Hall–Kier alpha value is -1.06. The van der Waals surface area contributed by atoms with Crippen LogP contribution in [0.2, 0.25) is 0 Å². The number of rotatable bonds is 4. The average molecular weight is 260 g/mol. The highest BCUT2D eigenvalue weighted by Crippen LogP contribution is 2.35. The van der Waals surface area contributed by atoms with Crippen LogP contribution in [0.5, 0.6) is 5.75 Å². The molecule has 3 heteroatoms. The summed E-state index contributed by atoms with van der Waals surface area (Å²) in [6.45, 7) is 0.899. The lowest BCUT2D eigenvalue weighted by molar-refractivity contribution is 0.0661. The number of hydrogen-bond acceptors (Lipinski definition) is 3. The highest BCUT2D eigenvalue weighted by molar-refractivity contribution is 5.28. The summed E-state index contributed by atoms with van der Waals surface area (Å²) < 4.78 is 6.22. The molecule has 1 aromatic carbocycles. The maximum absolute atomic E-state index is 6.22. The largest absolute Gasteiger partial charge is 0.490 e. The normalized spacial score (nSPS) is 30.5. The minimum Gasteiger partial charge on any atom is -0.490 e. The van der Waals surface area contributed by atoms with Gasteiger partial charge in [0.05, 0.1) is 0 Å². The van der Waals surface area contributed by atoms with Crippen molar-refractivity contribution in [2.45, 2.75) is 50.4 Å². The van der Waals surface area contributed by atoms with Crippen molar-refractivity contribution >= 4 is 0 Å². The molecule has 19 heavy (non-hydrogen) atoms. The van der Waals surface area contributed by atoms with Crippen molar-refractivity contribution in [2.75, 3.05) is 14.1 Å². The quantitative estimate of drug-likeness (QED) is 0.900. The first-order valence-electron chi connectivity index (χ1n) is 7.38. The van der Waals surface area contributed by atoms with Crippen LogP contribution in [0.1, 0.15) is 31.2 Å². The lowest BCUT2D eigenvalue weighted by atomic mass is 10.0. The highest BCUT2D eigenvalue weighted by Gasteiger charge is 2.39. The summed E-state index contributed by atoms with van der Waals surface area (Å²) in [5.41, 5.74) is 1.29. The molecule has 2 aliphatic heterocycles. The summed E-state index contributed by atoms with van der Waals surface area (Å²) in [5, 5.41) is 3.18. The van der Waals surface area contributed by atoms with Gasteiger partial charge >= 0.3 is 0 Å². The van der Waals surface area contributed by atoms with Crippen LogP contribution < -0.4 is 10.1 Å². The van der Waals surface area contributed by atoms with E-state index in [-0.39, 0.29) is 0 Å². The van der Waals surface area contributed by atoms with Crippen LogP contribution in [-0.2, 0) is 6.54 Å². The van der Waals surface area contributed by atoms with Crippen molar-refractivity contribution in [1.29, 1.82) is 0 Å². The molecule has 0 radical (unpaired) electrons. The third-order valence-corrected chi connectivity index (χ3v) is 4.64. The second kappa shape index (κ2) is 5.51. The summed E-state index contributed by atoms with van der Waals surface area (Å²) in [7, 11) is 4.24. The van der Waals surface area contributed by atoms with Gasteiger partial charge in [-0.3, -0.25) is 0 Å². The number of nitrogens with one attached hydrogen (secondary N) is 1. The first-order chi connectivity index (χ1) is 9.26. The fourth-order valence-electron chi connectivity index (χ4n) is 3.58. The minimum absolute atomic E-state index is 0.401. The molecule has 2 bridgehead atoms. The molecule has 2 saturated heterocycles. The summed E-state index contributed by atoms with van der Waals surface area (Å²) >= 11 is 0. The monoisotopic (exact) mass is 260 g/mol. The van der Waals surface area contributed by atoms with Crippen LogP contribution in [0, 0.1) is 0 Å². The Morgan fingerprint density at radius 1 is 1.26 bits per heavy atom. The molecule has 0 spiro atoms. The molecule has 1 N–H and O–H groups in total. The predicted molar refractivity (Wildman–Crippen MR) is 77.4 cm³/mol. The smallest absolute Gasteiger partial charge is 0.120 e. The van der Waals surface area contributed by atoms with Gasteiger partial charge in [0.25, 0.3) is 0 Å². The van der Waals surface area contributed by atoms with Gasteiger partial charge in [-0.2, -0.15) is 0 Å². The molecule has 3 nitrogen and oxygen atoms in total. The topological polar surface area (TPSA) is 24.5 Å². The molecule has 2 unspecified atom stereocenters. The summed E-state index contributed by atoms with van der Waals surface area (Å²) in [6, 6.07) is 9.96. The van der Waals surface area contributed by atoms with Gasteiger partial charge in [-0.05, 0) is 57.5 Å². The Morgan fingerprint density at radius 3 is 2.68 bits per heavy atom. The van der Waals surface area contributed by atoms with Gasteiger partial charge in [0.15, 0.2) is 0 Å². The summed E-state index contributed by atoms with van der Waals surface area (Å²) in [6.07, 6.45) is 5.47. The van der Waals surface area contributed by atoms with Crippen molar-refractivity contribution in [3.63, 3.8) is 0 Å². The molecule has 2 fully saturated rings. The lowest BCUT2D eigenvalue weighted by Gasteiger charge is -2.36. The molecule has 2 heterocycles. The average Bonchev–Trinajstić information content (AvgIpc) is 2.63. The fraction of sp³-hybridized carbons (Fsp3) is 0.625. The van der Waals surface area contributed by atoms with E-state index < -0.39 is 0 Å². The summed E-state index contributed by atoms with van der Waals surface area (Å²) in [4.78, 5) is 2.55. The fourth-order valence-corrected chi connectivity index (χ4v) is 3.58. The SMILES string of the molecule is CNCc1cccc(OC2CC3CCC(C2)N3C)c1. The van der Waals surface area contributed by atoms with Crippen LogP contribution in [0.3, 0.4) is 0 Å². The van der Waals surface area contributed by atoms with Gasteiger partial charge in [-0.15, -0.1) is 0 Å². The standard InChI is InChI=1S/C16H24N2O/c1-17-11-12-4-3-5-15(8-12)19-16-9-13-6-7-14(10-16)18(13)2/h3-5,8,13-14,16-17H,6-7,9-11H2,1-2H3. The van der Waals surface area contributed by atoms with E-state index in [0.717, 1.165) is 24.4 Å². The first-order valence-corrected chi connectivity index (χ1v) is 7.38. The Morgan fingerprint density at radius 2 is 2.00 bits per heavy atom. The second-order valence-electron chi connectivity index (χ2n) is 5.94. The number of fused-ring (bicyclic) bond motifs is 2. The molecule has 3 rings (SSSR count). The zero-order chi connectivity index (χ0) is 13.2. The Kier molecular flexibility index (Phi) is 3.76. The Balaban J connectivity index is 1.64. The van der Waals surface area contributed by atoms with E-state index in [0.29, 0.717) is 6.10 Å². The molecule has 2 aliphatic rings. The molecule has 1 aromatic rings. The van der Waals surface area contributed by atoms with E-state index in [1.165, 1.54) is 31.2 Å². The first kappa shape index (κ1) is 12.9. The van der Waals surface area contributed by atoms with Crippen LogP contribution in [0.4, 0.5) is 0 Å². The minimum atomic E-state index is 0.401. The third kappa shape index (κ3) is 2.77. The van der Waals surface area contributed by atoms with Crippen LogP contribution in [0.25, 0.3) is 0 Å². The van der Waals surface area contributed by atoms with Crippen LogP contribution in [0.15, 0.2) is 24.3 Å². The van der Waals surface area contributed by atoms with Crippen molar-refractivity contribution in [1.82, 2.24) is 10.2 Å². The molecule has 2 atom stereocenters. The molecule has 0 amide bonds. The maximum Gasteiger partial charge on any atom is 0.120 e. The van der Waals surface area contributed by atoms with Gasteiger partial charge in [0.2, 0.25) is 0 Å². The third-order valence-electron chi connectivity index (χ3n) is 4.64. The van der Waals surface area contributed by atoms with Gasteiger partial charge in [-0.25, -0.2) is 0 Å². The number of ether oxygens (including phenoxy) is 1. The van der Waals surface area contributed by atoms with Gasteiger partial charge in [0.1, 0.15) is 11.9 Å². The number of hydrogen-bond donors (Lipinski definition) is 1. The van der Waals surface area contributed by atoms with Crippen molar-refractivity contribution < 1.29 is 4.74 Å². The van der Waals surface area contributed by atoms with Crippen molar-refractivity contribution in [3.05, 3.63) is 29.8 Å². The van der Waals surface area contributed by atoms with Crippen LogP contribution >= 0.6 is 0 Å². The predicted octanol–water partition coefficient (Wildman–Crippen LogP) is 2.41. The lowest BCUT2D eigenvalue weighted by Crippen LogP contribution is -2.43. The van der Waals surface area contributed by atoms with E-state index in [4.69, 9.17) is 4.74 Å². The zero-order valence-corrected chi connectivity index (χ0v) is 11.9. The summed E-state index contributed by atoms with van der Waals surface area (Å²) in [5.74, 6) is 1.03. The highest BCUT2D eigenvalue weighted by atomic mass is 16.5. The molecule has 0 saturated carbocycles. The van der Waals surface area contributed by atoms with E-state index in [9.17, 15) is 0 Å². The molecular formula is C16H24N2O. The molecule has 0 aromatic heterocycles. The van der Waals surface area contributed by atoms with Crippen LogP contribution in [-0.4, -0.2) is 37.2 Å². The van der Waals surface area contributed by atoms with Crippen molar-refractivity contribution in [2.24, 2.45) is 0 Å². The van der Waals surface area contributed by atoms with Crippen molar-refractivity contribution in [3.8, 4) is 5.75 Å². The van der Waals surface area contributed by atoms with E-state index in [2.05, 4.69) is 41.5 Å². The number of benzene rings is 1. The van der Waals surface area contributed by atoms with E-state index in [1.807, 2.05) is 7.05 Å². The van der Waals surface area contributed by atoms with E-state index in [1.54, 1.807) is 0 Å². The molecule has 104 valence electrons. The number of nitrogens with zero attached hydrogens (tertiary/aromatic N) is 1. The molecular weight excluding hydrogens is 236 g/mol. The van der Waals surface area contributed by atoms with E-state index >= 15 is 0 Å². The van der Waals surface area contributed by atoms with Gasteiger partial charge in [-0.1, -0.05) is 12.1 Å². The van der Waals surface area contributed by atoms with Gasteiger partial charge < -0.3 is 15.0 Å². The second-order valence-corrected chi connectivity index (χ2v) is 5.94. The Labute approximate surface area is 115 Å².